The Labute approximate surface area is 146 Å². The van der Waals surface area contributed by atoms with E-state index in [9.17, 15) is 0 Å². The van der Waals surface area contributed by atoms with E-state index < -0.39 is 0 Å². The minimum Gasteiger partial charge on any atom is -0.354 e. The molecule has 2 saturated heterocycles. The third-order valence-electron chi connectivity index (χ3n) is 4.54. The number of hydrogen-bond donors (Lipinski definition) is 1. The zero-order valence-corrected chi connectivity index (χ0v) is 14.7. The van der Waals surface area contributed by atoms with Crippen molar-refractivity contribution >= 4 is 45.8 Å². The molecule has 6 heteroatoms. The summed E-state index contributed by atoms with van der Waals surface area (Å²) in [5, 5.41) is 6.50. The summed E-state index contributed by atoms with van der Waals surface area (Å²) in [5.74, 6) is 4.49. The summed E-state index contributed by atoms with van der Waals surface area (Å²) < 4.78 is 0. The number of nitrogens with one attached hydrogen (secondary N) is 1. The van der Waals surface area contributed by atoms with Crippen LogP contribution < -0.4 is 15.1 Å². The van der Waals surface area contributed by atoms with E-state index >= 15 is 0 Å². The molecule has 23 heavy (non-hydrogen) atoms. The van der Waals surface area contributed by atoms with E-state index in [0.29, 0.717) is 0 Å². The number of nitrogens with zero attached hydrogens (tertiary/aromatic N) is 3. The molecule has 0 spiro atoms. The molecule has 0 saturated carbocycles. The van der Waals surface area contributed by atoms with Gasteiger partial charge in [-0.2, -0.15) is 11.8 Å². The number of halogens is 1. The number of hydrogen-bond acceptors (Lipinski definition) is 5. The van der Waals surface area contributed by atoms with Crippen LogP contribution in [0.15, 0.2) is 24.3 Å². The summed E-state index contributed by atoms with van der Waals surface area (Å²) in [6.07, 6.45) is 0. The van der Waals surface area contributed by atoms with Crippen molar-refractivity contribution in [3.63, 3.8) is 0 Å². The molecule has 4 nitrogen and oxygen atoms in total. The van der Waals surface area contributed by atoms with E-state index in [4.69, 9.17) is 16.6 Å². The molecule has 0 atom stereocenters. The van der Waals surface area contributed by atoms with Gasteiger partial charge in [-0.15, -0.1) is 0 Å². The third-order valence-corrected chi connectivity index (χ3v) is 5.81. The lowest BCUT2D eigenvalue weighted by atomic mass is 10.1. The predicted molar refractivity (Wildman–Crippen MR) is 101 cm³/mol. The molecule has 122 valence electrons. The summed E-state index contributed by atoms with van der Waals surface area (Å²) in [7, 11) is 0. The van der Waals surface area contributed by atoms with Crippen LogP contribution in [0.4, 0.5) is 11.6 Å². The maximum absolute atomic E-state index is 6.50. The summed E-state index contributed by atoms with van der Waals surface area (Å²) in [6, 6.07) is 8.30. The Morgan fingerprint density at radius 2 is 1.78 bits per heavy atom. The second-order valence-electron chi connectivity index (χ2n) is 5.98. The van der Waals surface area contributed by atoms with Crippen LogP contribution in [0.5, 0.6) is 0 Å². The number of benzene rings is 1. The Morgan fingerprint density at radius 3 is 2.57 bits per heavy atom. The van der Waals surface area contributed by atoms with Crippen LogP contribution in [0, 0.1) is 0 Å². The van der Waals surface area contributed by atoms with E-state index in [1.807, 2.05) is 23.9 Å². The number of piperazine rings is 1. The highest BCUT2D eigenvalue weighted by Gasteiger charge is 2.20. The molecule has 2 aliphatic heterocycles. The first-order chi connectivity index (χ1) is 11.3. The number of rotatable bonds is 2. The predicted octanol–water partition coefficient (Wildman–Crippen LogP) is 2.85. The Balaban J connectivity index is 1.82. The van der Waals surface area contributed by atoms with Crippen LogP contribution >= 0.6 is 23.4 Å². The van der Waals surface area contributed by atoms with Crippen molar-refractivity contribution in [3.05, 3.63) is 29.3 Å². The number of fused-ring (bicyclic) bond motifs is 1. The molecular formula is C17H21ClN4S. The molecule has 1 aromatic carbocycles. The molecule has 2 aliphatic rings. The van der Waals surface area contributed by atoms with Gasteiger partial charge >= 0.3 is 0 Å². The molecule has 1 aromatic heterocycles. The SMILES string of the molecule is Clc1cccc2c(N3CCSCC3)nc(N3CCNCC3)cc12. The molecule has 0 amide bonds. The van der Waals surface area contributed by atoms with Gasteiger partial charge in [0.15, 0.2) is 0 Å². The van der Waals surface area contributed by atoms with Crippen molar-refractivity contribution in [1.82, 2.24) is 10.3 Å². The van der Waals surface area contributed by atoms with Gasteiger partial charge in [-0.25, -0.2) is 4.98 Å². The first kappa shape index (κ1) is 15.4. The topological polar surface area (TPSA) is 31.4 Å². The summed E-state index contributed by atoms with van der Waals surface area (Å²) in [6.45, 7) is 6.14. The van der Waals surface area contributed by atoms with Crippen molar-refractivity contribution < 1.29 is 0 Å². The van der Waals surface area contributed by atoms with Gasteiger partial charge in [0.05, 0.1) is 0 Å². The number of thioether (sulfide) groups is 1. The standard InChI is InChI=1S/C17H21ClN4S/c18-15-3-1-2-13-14(15)12-16(21-6-4-19-5-7-21)20-17(13)22-8-10-23-11-9-22/h1-3,12,19H,4-11H2. The van der Waals surface area contributed by atoms with E-state index in [1.165, 1.54) is 16.9 Å². The van der Waals surface area contributed by atoms with Crippen molar-refractivity contribution in [2.24, 2.45) is 0 Å². The second kappa shape index (κ2) is 6.75. The highest BCUT2D eigenvalue weighted by atomic mass is 35.5. The van der Waals surface area contributed by atoms with Gasteiger partial charge < -0.3 is 15.1 Å². The molecule has 2 aromatic rings. The smallest absolute Gasteiger partial charge is 0.139 e. The molecular weight excluding hydrogens is 328 g/mol. The Morgan fingerprint density at radius 1 is 1.00 bits per heavy atom. The van der Waals surface area contributed by atoms with Crippen molar-refractivity contribution in [2.75, 3.05) is 60.6 Å². The summed E-state index contributed by atoms with van der Waals surface area (Å²) >= 11 is 8.52. The normalized spacial score (nSPS) is 19.3. The molecule has 0 aliphatic carbocycles. The van der Waals surface area contributed by atoms with E-state index in [2.05, 4.69) is 27.2 Å². The Bertz CT molecular complexity index is 696. The second-order valence-corrected chi connectivity index (χ2v) is 7.61. The fourth-order valence-electron chi connectivity index (χ4n) is 3.28. The minimum atomic E-state index is 0.814. The third kappa shape index (κ3) is 3.10. The molecule has 0 bridgehead atoms. The first-order valence-corrected chi connectivity index (χ1v) is 9.74. The van der Waals surface area contributed by atoms with Gasteiger partial charge in [-0.3, -0.25) is 0 Å². The summed E-state index contributed by atoms with van der Waals surface area (Å²) in [4.78, 5) is 9.83. The Kier molecular flexibility index (Phi) is 4.51. The maximum Gasteiger partial charge on any atom is 0.139 e. The fraction of sp³-hybridized carbons (Fsp3) is 0.471. The van der Waals surface area contributed by atoms with Crippen LogP contribution in [0.3, 0.4) is 0 Å². The van der Waals surface area contributed by atoms with Crippen LogP contribution in [0.1, 0.15) is 0 Å². The maximum atomic E-state index is 6.50. The number of aromatic nitrogens is 1. The van der Waals surface area contributed by atoms with Crippen molar-refractivity contribution in [3.8, 4) is 0 Å². The zero-order valence-electron chi connectivity index (χ0n) is 13.1. The highest BCUT2D eigenvalue weighted by molar-refractivity contribution is 7.99. The van der Waals surface area contributed by atoms with Crippen LogP contribution in [-0.4, -0.2) is 55.8 Å². The lowest BCUT2D eigenvalue weighted by Crippen LogP contribution is -2.44. The zero-order chi connectivity index (χ0) is 15.6. The van der Waals surface area contributed by atoms with E-state index in [1.54, 1.807) is 0 Å². The molecule has 3 heterocycles. The van der Waals surface area contributed by atoms with Gasteiger partial charge in [0, 0.05) is 66.6 Å². The Hall–Kier alpha value is -1.17. The number of anilines is 2. The van der Waals surface area contributed by atoms with Gasteiger partial charge in [0.1, 0.15) is 11.6 Å². The molecule has 1 N–H and O–H groups in total. The lowest BCUT2D eigenvalue weighted by molar-refractivity contribution is 0.585. The molecule has 0 unspecified atom stereocenters. The van der Waals surface area contributed by atoms with E-state index in [0.717, 1.165) is 61.3 Å². The lowest BCUT2D eigenvalue weighted by Gasteiger charge is -2.32. The van der Waals surface area contributed by atoms with Crippen LogP contribution in [-0.2, 0) is 0 Å². The van der Waals surface area contributed by atoms with E-state index in [-0.39, 0.29) is 0 Å². The molecule has 2 fully saturated rings. The quantitative estimate of drug-likeness (QED) is 0.902. The fourth-order valence-corrected chi connectivity index (χ4v) is 4.41. The highest BCUT2D eigenvalue weighted by Crippen LogP contribution is 2.34. The largest absolute Gasteiger partial charge is 0.354 e. The molecule has 0 radical (unpaired) electrons. The van der Waals surface area contributed by atoms with Gasteiger partial charge in [-0.1, -0.05) is 23.7 Å². The van der Waals surface area contributed by atoms with Crippen LogP contribution in [0.25, 0.3) is 10.8 Å². The minimum absolute atomic E-state index is 0.814. The summed E-state index contributed by atoms with van der Waals surface area (Å²) in [5.41, 5.74) is 0. The average Bonchev–Trinajstić information content (AvgIpc) is 2.63. The monoisotopic (exact) mass is 348 g/mol. The van der Waals surface area contributed by atoms with Gasteiger partial charge in [0.2, 0.25) is 0 Å². The first-order valence-electron chi connectivity index (χ1n) is 8.20. The van der Waals surface area contributed by atoms with Crippen LogP contribution in [0.2, 0.25) is 5.02 Å². The van der Waals surface area contributed by atoms with Gasteiger partial charge in [0.25, 0.3) is 0 Å². The molecule has 4 rings (SSSR count). The van der Waals surface area contributed by atoms with Gasteiger partial charge in [-0.05, 0) is 12.1 Å². The van der Waals surface area contributed by atoms with Crippen molar-refractivity contribution in [2.45, 2.75) is 0 Å². The van der Waals surface area contributed by atoms with Crippen molar-refractivity contribution in [1.29, 1.82) is 0 Å². The average molecular weight is 349 g/mol. The number of pyridine rings is 1.